The van der Waals surface area contributed by atoms with Gasteiger partial charge in [0.25, 0.3) is 0 Å². The summed E-state index contributed by atoms with van der Waals surface area (Å²) in [7, 11) is 0. The predicted molar refractivity (Wildman–Crippen MR) is 103 cm³/mol. The monoisotopic (exact) mass is 503 g/mol. The Morgan fingerprint density at radius 2 is 1.86 bits per heavy atom. The molecule has 3 heterocycles. The summed E-state index contributed by atoms with van der Waals surface area (Å²) in [5.41, 5.74) is 1.85. The number of hydrogen-bond acceptors (Lipinski definition) is 3. The molecule has 0 saturated carbocycles. The molecule has 1 N–H and O–H groups in total. The van der Waals surface area contributed by atoms with E-state index in [4.69, 9.17) is 0 Å². The molecule has 0 aromatic heterocycles. The molecule has 0 spiro atoms. The molecule has 2 aromatic rings. The van der Waals surface area contributed by atoms with Gasteiger partial charge in [0.2, 0.25) is 0 Å². The van der Waals surface area contributed by atoms with Crippen molar-refractivity contribution in [3.63, 3.8) is 0 Å². The molecule has 0 radical (unpaired) electrons. The Labute approximate surface area is 170 Å². The fourth-order valence-electron chi connectivity index (χ4n) is 4.68. The Bertz CT molecular complexity index is 1070. The molecule has 8 heteroatoms. The summed E-state index contributed by atoms with van der Waals surface area (Å²) in [5.74, 6) is -0.271. The van der Waals surface area contributed by atoms with E-state index in [1.165, 1.54) is 15.5 Å². The number of imide groups is 1. The summed E-state index contributed by atoms with van der Waals surface area (Å²) < 4.78 is 42.5. The Morgan fingerprint density at radius 3 is 2.54 bits per heavy atom. The molecule has 4 bridgehead atoms. The molecule has 1 fully saturated rings. The molecule has 3 aliphatic heterocycles. The summed E-state index contributed by atoms with van der Waals surface area (Å²) in [5, 5.41) is 1.56. The van der Waals surface area contributed by atoms with E-state index in [2.05, 4.69) is 17.5 Å². The molecule has 5 rings (SSSR count). The van der Waals surface area contributed by atoms with E-state index in [1.54, 1.807) is 6.07 Å². The number of rotatable bonds is 3. The molecule has 0 aliphatic carbocycles. The standard InChI is InChI=1S/C20H13F3NO2S.In/c21-20(22,23)16-11-4-3-7-14(16)10-5-9-13-6-1-2-8-15(13)12-17-18(25)24-19(26)27-17;/h1-4,7-9,11-12,17H,10H2,(H,24,25,26);. The van der Waals surface area contributed by atoms with Crippen molar-refractivity contribution < 1.29 is 22.8 Å². The number of carbonyl (C=O) groups excluding carboxylic acids is 2. The summed E-state index contributed by atoms with van der Waals surface area (Å²) in [6.45, 7) is 0. The fraction of sp³-hybridized carbons (Fsp3) is 0.200. The third-order valence-corrected chi connectivity index (χ3v) is 18.5. The van der Waals surface area contributed by atoms with Crippen LogP contribution < -0.4 is 8.64 Å². The van der Waals surface area contributed by atoms with Crippen molar-refractivity contribution in [3.05, 3.63) is 68.0 Å². The van der Waals surface area contributed by atoms with Crippen molar-refractivity contribution in [1.82, 2.24) is 5.32 Å². The number of amides is 2. The first-order valence-corrected chi connectivity index (χ1v) is 14.9. The van der Waals surface area contributed by atoms with E-state index in [1.807, 2.05) is 12.1 Å². The minimum atomic E-state index is -4.39. The summed E-state index contributed by atoms with van der Waals surface area (Å²) in [6.07, 6.45) is -2.08. The van der Waals surface area contributed by atoms with Crippen molar-refractivity contribution in [2.75, 3.05) is 0 Å². The zero-order chi connectivity index (χ0) is 19.6. The molecular weight excluding hydrogens is 490 g/mol. The maximum atomic E-state index is 13.4. The molecule has 2 unspecified atom stereocenters. The van der Waals surface area contributed by atoms with E-state index in [0.29, 0.717) is 0 Å². The zero-order valence-corrected chi connectivity index (χ0v) is 18.5. The second-order valence-corrected chi connectivity index (χ2v) is 17.0. The number of nitrogens with one attached hydrogen (secondary N) is 1. The molecule has 2 aromatic carbocycles. The number of hydrogen-bond donors (Lipinski definition) is 1. The van der Waals surface area contributed by atoms with E-state index >= 15 is 0 Å². The van der Waals surface area contributed by atoms with Crippen LogP contribution in [0, 0.1) is 0 Å². The topological polar surface area (TPSA) is 46.2 Å². The van der Waals surface area contributed by atoms with Crippen LogP contribution in [0.1, 0.15) is 25.9 Å². The van der Waals surface area contributed by atoms with E-state index in [-0.39, 0.29) is 26.8 Å². The van der Waals surface area contributed by atoms with Crippen LogP contribution >= 0.6 is 11.8 Å². The first-order valence-electron chi connectivity index (χ1n) is 8.84. The van der Waals surface area contributed by atoms with Gasteiger partial charge in [-0.15, -0.1) is 0 Å². The number of thioether (sulfide) groups is 1. The summed E-state index contributed by atoms with van der Waals surface area (Å²) in [6, 6.07) is 11.7. The zero-order valence-electron chi connectivity index (χ0n) is 14.4. The molecule has 2 atom stereocenters. The van der Waals surface area contributed by atoms with E-state index in [0.717, 1.165) is 32.3 Å². The van der Waals surface area contributed by atoms with Gasteiger partial charge in [0.05, 0.1) is 0 Å². The molecular formula is C20H13F3InNO2S. The predicted octanol–water partition coefficient (Wildman–Crippen LogP) is 3.57. The first kappa shape index (κ1) is 18.4. The normalized spacial score (nSPS) is 22.7. The van der Waals surface area contributed by atoms with Gasteiger partial charge in [-0.2, -0.15) is 0 Å². The third-order valence-electron chi connectivity index (χ3n) is 5.72. The van der Waals surface area contributed by atoms with Crippen LogP contribution in [0.5, 0.6) is 0 Å². The number of halogens is 3. The first-order chi connectivity index (χ1) is 13.3. The second kappa shape index (κ2) is 6.42. The molecule has 28 heavy (non-hydrogen) atoms. The van der Waals surface area contributed by atoms with Gasteiger partial charge in [-0.05, 0) is 0 Å². The van der Waals surface area contributed by atoms with Crippen LogP contribution in [0.2, 0.25) is 0 Å². The van der Waals surface area contributed by atoms with Crippen LogP contribution in [0.15, 0.2) is 45.8 Å². The Balaban J connectivity index is 1.53. The van der Waals surface area contributed by atoms with E-state index in [9.17, 15) is 22.8 Å². The fourth-order valence-corrected chi connectivity index (χ4v) is 19.0. The average molecular weight is 503 g/mol. The molecule has 1 saturated heterocycles. The Morgan fingerprint density at radius 1 is 1.07 bits per heavy atom. The number of benzene rings is 2. The molecule has 3 aliphatic rings. The number of carbonyl (C=O) groups is 2. The van der Waals surface area contributed by atoms with Gasteiger partial charge in [-0.1, -0.05) is 0 Å². The third kappa shape index (κ3) is 2.76. The molecule has 140 valence electrons. The van der Waals surface area contributed by atoms with Crippen LogP contribution in [-0.4, -0.2) is 37.8 Å². The molecule has 2 amide bonds. The Kier molecular flexibility index (Phi) is 4.21. The van der Waals surface area contributed by atoms with Gasteiger partial charge < -0.3 is 0 Å². The second-order valence-electron chi connectivity index (χ2n) is 7.22. The van der Waals surface area contributed by atoms with Crippen LogP contribution in [0.25, 0.3) is 6.08 Å². The Hall–Kier alpha value is -1.67. The van der Waals surface area contributed by atoms with Crippen molar-refractivity contribution >= 4 is 53.7 Å². The molecule has 3 nitrogen and oxygen atoms in total. The van der Waals surface area contributed by atoms with Gasteiger partial charge in [0.1, 0.15) is 0 Å². The van der Waals surface area contributed by atoms with Crippen molar-refractivity contribution in [3.8, 4) is 0 Å². The SMILES string of the molecule is O=C1NC(=O)C([CH]2c3ccc[c]4c3C=[C](Cc3ccccc3C(F)(F)F)[In]42)S1. The average Bonchev–Trinajstić information content (AvgIpc) is 3.20. The van der Waals surface area contributed by atoms with Crippen molar-refractivity contribution in [2.24, 2.45) is 0 Å². The van der Waals surface area contributed by atoms with Crippen molar-refractivity contribution in [2.45, 2.75) is 21.5 Å². The van der Waals surface area contributed by atoms with Gasteiger partial charge in [-0.3, -0.25) is 0 Å². The minimum absolute atomic E-state index is 0.0173. The van der Waals surface area contributed by atoms with Gasteiger partial charge in [-0.25, -0.2) is 0 Å². The quantitative estimate of drug-likeness (QED) is 0.697. The summed E-state index contributed by atoms with van der Waals surface area (Å²) >= 11 is -1.77. The van der Waals surface area contributed by atoms with Crippen LogP contribution in [0.3, 0.4) is 0 Å². The van der Waals surface area contributed by atoms with Gasteiger partial charge >= 0.3 is 171 Å². The van der Waals surface area contributed by atoms with E-state index < -0.39 is 38.4 Å². The van der Waals surface area contributed by atoms with Gasteiger partial charge in [0, 0.05) is 0 Å². The maximum absolute atomic E-state index is 13.4. The van der Waals surface area contributed by atoms with Crippen LogP contribution in [-0.2, 0) is 17.4 Å². The van der Waals surface area contributed by atoms with Gasteiger partial charge in [0.15, 0.2) is 0 Å². The van der Waals surface area contributed by atoms with Crippen molar-refractivity contribution in [1.29, 1.82) is 0 Å². The number of allylic oxidation sites excluding steroid dienone is 1. The number of alkyl halides is 3. The van der Waals surface area contributed by atoms with Crippen LogP contribution in [0.4, 0.5) is 18.0 Å². The summed E-state index contributed by atoms with van der Waals surface area (Å²) in [4.78, 5) is 24.0.